The maximum absolute atomic E-state index is 14.2. The molecule has 0 saturated carbocycles. The van der Waals surface area contributed by atoms with Crippen LogP contribution in [-0.2, 0) is 19.4 Å². The molecule has 0 aliphatic rings. The van der Waals surface area contributed by atoms with Gasteiger partial charge >= 0.3 is 0 Å². The second kappa shape index (κ2) is 8.83. The van der Waals surface area contributed by atoms with Gasteiger partial charge in [0.1, 0.15) is 11.5 Å². The van der Waals surface area contributed by atoms with Crippen LogP contribution in [0.2, 0.25) is 0 Å². The second-order valence-electron chi connectivity index (χ2n) is 6.90. The number of carbonyl (C=O) groups is 1. The monoisotopic (exact) mass is 379 g/mol. The Morgan fingerprint density at radius 1 is 1.14 bits per heavy atom. The Balaban J connectivity index is 1.84. The minimum absolute atomic E-state index is 0.132. The van der Waals surface area contributed by atoms with Crippen LogP contribution in [-0.4, -0.2) is 22.0 Å². The molecule has 0 aliphatic heterocycles. The molecule has 3 rings (SSSR count). The van der Waals surface area contributed by atoms with Crippen LogP contribution in [0, 0.1) is 19.7 Å². The predicted molar refractivity (Wildman–Crippen MR) is 109 cm³/mol. The van der Waals surface area contributed by atoms with Gasteiger partial charge in [0.15, 0.2) is 0 Å². The number of carbonyl (C=O) groups excluding carboxylic acids is 1. The maximum atomic E-state index is 14.2. The highest BCUT2D eigenvalue weighted by molar-refractivity contribution is 5.95. The van der Waals surface area contributed by atoms with Crippen molar-refractivity contribution in [2.24, 2.45) is 0 Å². The minimum atomic E-state index is -0.257. The molecule has 2 aromatic heterocycles. The van der Waals surface area contributed by atoms with Gasteiger partial charge in [0.2, 0.25) is 0 Å². The first kappa shape index (κ1) is 19.8. The van der Waals surface area contributed by atoms with Crippen LogP contribution < -0.4 is 5.32 Å². The van der Waals surface area contributed by atoms with E-state index in [4.69, 9.17) is 0 Å². The maximum Gasteiger partial charge on any atom is 0.268 e. The molecule has 0 fully saturated rings. The quantitative estimate of drug-likeness (QED) is 0.668. The summed E-state index contributed by atoms with van der Waals surface area (Å²) in [6.07, 6.45) is 3.24. The van der Waals surface area contributed by atoms with E-state index >= 15 is 0 Å². The van der Waals surface area contributed by atoms with Crippen molar-refractivity contribution in [2.75, 3.05) is 6.54 Å². The highest BCUT2D eigenvalue weighted by atomic mass is 19.1. The van der Waals surface area contributed by atoms with Crippen LogP contribution in [0.25, 0.3) is 0 Å². The third kappa shape index (κ3) is 4.14. The summed E-state index contributed by atoms with van der Waals surface area (Å²) in [5.74, 6) is -0.389. The second-order valence-corrected chi connectivity index (χ2v) is 6.90. The lowest BCUT2D eigenvalue weighted by Gasteiger charge is -2.13. The normalized spacial score (nSPS) is 10.9. The Kier molecular flexibility index (Phi) is 6.24. The van der Waals surface area contributed by atoms with Crippen LogP contribution >= 0.6 is 0 Å². The average Bonchev–Trinajstić information content (AvgIpc) is 2.93. The van der Waals surface area contributed by atoms with E-state index in [1.807, 2.05) is 42.7 Å². The number of benzene rings is 1. The molecule has 1 aromatic carbocycles. The van der Waals surface area contributed by atoms with Crippen molar-refractivity contribution < 1.29 is 9.18 Å². The first-order chi connectivity index (χ1) is 13.5. The lowest BCUT2D eigenvalue weighted by atomic mass is 10.1. The predicted octanol–water partition coefficient (Wildman–Crippen LogP) is 4.22. The zero-order valence-electron chi connectivity index (χ0n) is 16.6. The molecule has 0 spiro atoms. The van der Waals surface area contributed by atoms with Gasteiger partial charge in [0.25, 0.3) is 5.91 Å². The molecular formula is C23H26FN3O. The Hall–Kier alpha value is -2.95. The molecule has 3 aromatic rings. The van der Waals surface area contributed by atoms with E-state index in [9.17, 15) is 9.18 Å². The van der Waals surface area contributed by atoms with Crippen molar-refractivity contribution in [1.82, 2.24) is 14.9 Å². The topological polar surface area (TPSA) is 46.9 Å². The number of pyridine rings is 1. The fourth-order valence-corrected chi connectivity index (χ4v) is 3.69. The van der Waals surface area contributed by atoms with Crippen LogP contribution in [0.4, 0.5) is 4.39 Å². The molecule has 0 aliphatic carbocycles. The molecule has 0 bridgehead atoms. The van der Waals surface area contributed by atoms with E-state index < -0.39 is 0 Å². The molecule has 1 N–H and O–H groups in total. The van der Waals surface area contributed by atoms with E-state index in [1.54, 1.807) is 18.3 Å². The van der Waals surface area contributed by atoms with Gasteiger partial charge in [-0.25, -0.2) is 4.39 Å². The number of hydrogen-bond donors (Lipinski definition) is 1. The smallest absolute Gasteiger partial charge is 0.268 e. The number of rotatable bonds is 7. The molecule has 2 heterocycles. The number of nitrogens with zero attached hydrogens (tertiary/aromatic N) is 2. The fourth-order valence-electron chi connectivity index (χ4n) is 3.69. The van der Waals surface area contributed by atoms with E-state index in [0.717, 1.165) is 28.9 Å². The third-order valence-corrected chi connectivity index (χ3v) is 5.17. The highest BCUT2D eigenvalue weighted by Crippen LogP contribution is 2.24. The van der Waals surface area contributed by atoms with Gasteiger partial charge in [0, 0.05) is 36.1 Å². The molecule has 0 radical (unpaired) electrons. The van der Waals surface area contributed by atoms with Gasteiger partial charge in [0.05, 0.1) is 6.54 Å². The summed E-state index contributed by atoms with van der Waals surface area (Å²) in [5, 5.41) is 3.00. The number of nitrogens with one attached hydrogen (secondary N) is 1. The Labute approximate surface area is 165 Å². The van der Waals surface area contributed by atoms with Crippen molar-refractivity contribution in [2.45, 2.75) is 40.2 Å². The van der Waals surface area contributed by atoms with Crippen LogP contribution in [0.5, 0.6) is 0 Å². The van der Waals surface area contributed by atoms with E-state index in [-0.39, 0.29) is 11.7 Å². The first-order valence-corrected chi connectivity index (χ1v) is 9.63. The van der Waals surface area contributed by atoms with Gasteiger partial charge in [-0.05, 0) is 49.6 Å². The largest absolute Gasteiger partial charge is 0.350 e. The molecule has 4 nitrogen and oxygen atoms in total. The van der Waals surface area contributed by atoms with Gasteiger partial charge in [-0.1, -0.05) is 31.2 Å². The molecule has 0 unspecified atom stereocenters. The highest BCUT2D eigenvalue weighted by Gasteiger charge is 2.22. The van der Waals surface area contributed by atoms with Crippen molar-refractivity contribution in [3.8, 4) is 0 Å². The number of aromatic nitrogens is 2. The van der Waals surface area contributed by atoms with Gasteiger partial charge < -0.3 is 9.88 Å². The number of halogens is 1. The van der Waals surface area contributed by atoms with Crippen molar-refractivity contribution in [3.05, 3.63) is 88.3 Å². The lowest BCUT2D eigenvalue weighted by Crippen LogP contribution is -2.29. The van der Waals surface area contributed by atoms with Crippen molar-refractivity contribution >= 4 is 5.91 Å². The summed E-state index contributed by atoms with van der Waals surface area (Å²) in [4.78, 5) is 17.3. The number of amides is 1. The average molecular weight is 379 g/mol. The minimum Gasteiger partial charge on any atom is -0.350 e. The van der Waals surface area contributed by atoms with Gasteiger partial charge in [-0.3, -0.25) is 9.78 Å². The SMILES string of the molecule is CCc1c(C)c(C(=O)NCCc2ccccn2)n(Cc2ccccc2F)c1C. The first-order valence-electron chi connectivity index (χ1n) is 9.63. The van der Waals surface area contributed by atoms with Crippen molar-refractivity contribution in [3.63, 3.8) is 0 Å². The van der Waals surface area contributed by atoms with E-state index in [2.05, 4.69) is 17.2 Å². The summed E-state index contributed by atoms with van der Waals surface area (Å²) >= 11 is 0. The van der Waals surface area contributed by atoms with Crippen LogP contribution in [0.1, 0.15) is 45.5 Å². The molecule has 5 heteroatoms. The van der Waals surface area contributed by atoms with Crippen LogP contribution in [0.15, 0.2) is 48.7 Å². The zero-order chi connectivity index (χ0) is 20.1. The Morgan fingerprint density at radius 3 is 2.57 bits per heavy atom. The summed E-state index contributed by atoms with van der Waals surface area (Å²) in [6.45, 7) is 6.88. The molecule has 0 atom stereocenters. The molecule has 0 saturated heterocycles. The number of hydrogen-bond acceptors (Lipinski definition) is 2. The standard InChI is InChI=1S/C23H26FN3O/c1-4-20-16(2)22(23(28)26-14-12-19-10-7-8-13-25-19)27(17(20)3)15-18-9-5-6-11-21(18)24/h5-11,13H,4,12,14-15H2,1-3H3,(H,26,28). The van der Waals surface area contributed by atoms with Crippen LogP contribution in [0.3, 0.4) is 0 Å². The van der Waals surface area contributed by atoms with E-state index in [0.29, 0.717) is 30.8 Å². The molecule has 1 amide bonds. The lowest BCUT2D eigenvalue weighted by molar-refractivity contribution is 0.0944. The summed E-state index contributed by atoms with van der Waals surface area (Å²) in [6, 6.07) is 12.5. The Morgan fingerprint density at radius 2 is 1.89 bits per heavy atom. The summed E-state index contributed by atoms with van der Waals surface area (Å²) in [7, 11) is 0. The van der Waals surface area contributed by atoms with Crippen molar-refractivity contribution in [1.29, 1.82) is 0 Å². The molecule has 28 heavy (non-hydrogen) atoms. The molecule has 146 valence electrons. The van der Waals surface area contributed by atoms with E-state index in [1.165, 1.54) is 6.07 Å². The zero-order valence-corrected chi connectivity index (χ0v) is 16.6. The fraction of sp³-hybridized carbons (Fsp3) is 0.304. The van der Waals surface area contributed by atoms with Gasteiger partial charge in [-0.15, -0.1) is 0 Å². The molecular weight excluding hydrogens is 353 g/mol. The third-order valence-electron chi connectivity index (χ3n) is 5.17. The summed E-state index contributed by atoms with van der Waals surface area (Å²) < 4.78 is 16.1. The van der Waals surface area contributed by atoms with Gasteiger partial charge in [-0.2, -0.15) is 0 Å². The summed E-state index contributed by atoms with van der Waals surface area (Å²) in [5.41, 5.74) is 5.24. The Bertz CT molecular complexity index is 963.